The molecule has 2 heterocycles. The first-order valence-electron chi connectivity index (χ1n) is 9.05. The first-order chi connectivity index (χ1) is 13.0. The monoisotopic (exact) mass is 435 g/mol. The van der Waals surface area contributed by atoms with Gasteiger partial charge in [0.15, 0.2) is 17.3 Å². The average molecular weight is 436 g/mol. The minimum absolute atomic E-state index is 0.296. The van der Waals surface area contributed by atoms with Gasteiger partial charge in [-0.05, 0) is 71.4 Å². The Hall–Kier alpha value is -1.86. The molecular formula is C20H20BrF2N3O. The van der Waals surface area contributed by atoms with Crippen molar-refractivity contribution in [1.29, 1.82) is 0 Å². The Morgan fingerprint density at radius 2 is 1.85 bits per heavy atom. The van der Waals surface area contributed by atoms with Crippen molar-refractivity contribution < 1.29 is 13.5 Å². The Kier molecular flexibility index (Phi) is 5.23. The second-order valence-electron chi connectivity index (χ2n) is 6.97. The Labute approximate surface area is 164 Å². The van der Waals surface area contributed by atoms with Crippen LogP contribution in [0, 0.1) is 11.6 Å². The highest BCUT2D eigenvalue weighted by molar-refractivity contribution is 9.10. The molecule has 142 valence electrons. The number of hydrogen-bond donors (Lipinski definition) is 0. The van der Waals surface area contributed by atoms with Crippen LogP contribution in [0.2, 0.25) is 0 Å². The van der Waals surface area contributed by atoms with E-state index in [4.69, 9.17) is 9.72 Å². The summed E-state index contributed by atoms with van der Waals surface area (Å²) in [5.74, 6) is -0.852. The zero-order valence-corrected chi connectivity index (χ0v) is 16.5. The number of aromatic nitrogens is 3. The largest absolute Gasteiger partial charge is 0.381 e. The summed E-state index contributed by atoms with van der Waals surface area (Å²) in [7, 11) is 1.76. The van der Waals surface area contributed by atoms with Gasteiger partial charge in [-0.2, -0.15) is 0 Å². The minimum atomic E-state index is -0.837. The zero-order chi connectivity index (χ0) is 19.0. The van der Waals surface area contributed by atoms with E-state index in [0.717, 1.165) is 47.7 Å². The summed E-state index contributed by atoms with van der Waals surface area (Å²) in [4.78, 5) is 9.19. The molecular weight excluding hydrogens is 416 g/mol. The number of hydrogen-bond acceptors (Lipinski definition) is 3. The van der Waals surface area contributed by atoms with Crippen molar-refractivity contribution in [3.63, 3.8) is 0 Å². The van der Waals surface area contributed by atoms with Crippen LogP contribution in [0.1, 0.15) is 43.1 Å². The Balaban J connectivity index is 1.73. The molecule has 4 nitrogen and oxygen atoms in total. The summed E-state index contributed by atoms with van der Waals surface area (Å²) in [5, 5.41) is 0. The van der Waals surface area contributed by atoms with E-state index in [1.807, 2.05) is 12.1 Å². The summed E-state index contributed by atoms with van der Waals surface area (Å²) in [5.41, 5.74) is 2.32. The normalized spacial score (nSPS) is 20.3. The van der Waals surface area contributed by atoms with E-state index in [-0.39, 0.29) is 0 Å². The molecule has 4 rings (SSSR count). The van der Waals surface area contributed by atoms with Gasteiger partial charge in [-0.3, -0.25) is 0 Å². The average Bonchev–Trinajstić information content (AvgIpc) is 3.01. The lowest BCUT2D eigenvalue weighted by atomic mass is 9.92. The smallest absolute Gasteiger partial charge is 0.179 e. The first-order valence-corrected chi connectivity index (χ1v) is 9.84. The van der Waals surface area contributed by atoms with Gasteiger partial charge in [0, 0.05) is 19.6 Å². The van der Waals surface area contributed by atoms with Crippen LogP contribution in [0.3, 0.4) is 0 Å². The maximum absolute atomic E-state index is 13.6. The summed E-state index contributed by atoms with van der Waals surface area (Å²) < 4.78 is 35.3. The highest BCUT2D eigenvalue weighted by Gasteiger charge is 2.26. The van der Waals surface area contributed by atoms with Gasteiger partial charge in [-0.15, -0.1) is 0 Å². The van der Waals surface area contributed by atoms with Crippen LogP contribution in [0.15, 0.2) is 34.9 Å². The topological polar surface area (TPSA) is 39.9 Å². The van der Waals surface area contributed by atoms with Gasteiger partial charge in [0.25, 0.3) is 0 Å². The maximum Gasteiger partial charge on any atom is 0.179 e. The maximum atomic E-state index is 13.6. The van der Waals surface area contributed by atoms with E-state index in [0.29, 0.717) is 29.8 Å². The van der Waals surface area contributed by atoms with E-state index in [1.54, 1.807) is 13.2 Å². The van der Waals surface area contributed by atoms with Crippen molar-refractivity contribution in [2.45, 2.75) is 44.2 Å². The second-order valence-corrected chi connectivity index (χ2v) is 7.78. The third-order valence-corrected chi connectivity index (χ3v) is 5.72. The fraction of sp³-hybridized carbons (Fsp3) is 0.400. The van der Waals surface area contributed by atoms with Crippen LogP contribution >= 0.6 is 15.9 Å². The van der Waals surface area contributed by atoms with Gasteiger partial charge in [-0.1, -0.05) is 6.07 Å². The lowest BCUT2D eigenvalue weighted by Crippen LogP contribution is -2.23. The molecule has 0 saturated heterocycles. The van der Waals surface area contributed by atoms with E-state index in [2.05, 4.69) is 25.5 Å². The van der Waals surface area contributed by atoms with Crippen LogP contribution in [0.4, 0.5) is 8.78 Å². The van der Waals surface area contributed by atoms with Crippen molar-refractivity contribution in [2.75, 3.05) is 7.11 Å². The van der Waals surface area contributed by atoms with Gasteiger partial charge in [0.05, 0.1) is 11.6 Å². The third kappa shape index (κ3) is 3.75. The van der Waals surface area contributed by atoms with E-state index >= 15 is 0 Å². The van der Waals surface area contributed by atoms with Crippen LogP contribution in [0.5, 0.6) is 0 Å². The fourth-order valence-electron chi connectivity index (χ4n) is 3.91. The van der Waals surface area contributed by atoms with Gasteiger partial charge in [0.2, 0.25) is 0 Å². The van der Waals surface area contributed by atoms with Crippen LogP contribution in [-0.4, -0.2) is 27.7 Å². The number of ether oxygens (including phenoxy) is 1. The van der Waals surface area contributed by atoms with E-state index in [9.17, 15) is 8.78 Å². The molecule has 3 aromatic rings. The molecule has 1 saturated carbocycles. The van der Waals surface area contributed by atoms with Gasteiger partial charge in [0.1, 0.15) is 10.4 Å². The minimum Gasteiger partial charge on any atom is -0.381 e. The molecule has 1 aromatic carbocycles. The number of rotatable bonds is 4. The number of imidazole rings is 1. The van der Waals surface area contributed by atoms with Gasteiger partial charge >= 0.3 is 0 Å². The Morgan fingerprint density at radius 3 is 2.56 bits per heavy atom. The Bertz CT molecular complexity index is 967. The van der Waals surface area contributed by atoms with Crippen LogP contribution in [-0.2, 0) is 11.2 Å². The molecule has 0 radical (unpaired) electrons. The fourth-order valence-corrected chi connectivity index (χ4v) is 4.21. The van der Waals surface area contributed by atoms with Crippen molar-refractivity contribution in [3.05, 3.63) is 58.0 Å². The first kappa shape index (κ1) is 18.5. The predicted octanol–water partition coefficient (Wildman–Crippen LogP) is 5.19. The van der Waals surface area contributed by atoms with E-state index < -0.39 is 11.6 Å². The summed E-state index contributed by atoms with van der Waals surface area (Å²) >= 11 is 3.40. The summed E-state index contributed by atoms with van der Waals surface area (Å²) in [6.45, 7) is 0. The van der Waals surface area contributed by atoms with Crippen molar-refractivity contribution in [3.8, 4) is 0 Å². The molecule has 0 unspecified atom stereocenters. The van der Waals surface area contributed by atoms with Crippen molar-refractivity contribution in [2.24, 2.45) is 0 Å². The van der Waals surface area contributed by atoms with Crippen molar-refractivity contribution >= 4 is 27.1 Å². The van der Waals surface area contributed by atoms with Crippen molar-refractivity contribution in [1.82, 2.24) is 14.5 Å². The van der Waals surface area contributed by atoms with Gasteiger partial charge < -0.3 is 9.30 Å². The molecule has 1 fully saturated rings. The van der Waals surface area contributed by atoms with E-state index in [1.165, 1.54) is 6.07 Å². The molecule has 0 atom stereocenters. The number of halogens is 3. The van der Waals surface area contributed by atoms with Crippen LogP contribution in [0.25, 0.3) is 11.2 Å². The quantitative estimate of drug-likeness (QED) is 0.529. The standard InChI is InChI=1S/C20H20BrF2N3O/c1-27-14-5-3-13(4-6-14)26-17-8-9-18(21)24-20(17)25-19(26)11-12-2-7-15(22)16(23)10-12/h2,7-10,13-14H,3-6,11H2,1H3. The molecule has 0 N–H and O–H groups in total. The lowest BCUT2D eigenvalue weighted by Gasteiger charge is -2.30. The SMILES string of the molecule is COC1CCC(n2c(Cc3ccc(F)c(F)c3)nc3nc(Br)ccc32)CC1. The number of pyridine rings is 1. The third-order valence-electron chi connectivity index (χ3n) is 5.28. The second kappa shape index (κ2) is 7.64. The molecule has 2 aromatic heterocycles. The number of fused-ring (bicyclic) bond motifs is 1. The molecule has 0 aliphatic heterocycles. The highest BCUT2D eigenvalue weighted by Crippen LogP contribution is 2.34. The molecule has 0 bridgehead atoms. The molecule has 27 heavy (non-hydrogen) atoms. The van der Waals surface area contributed by atoms with Crippen LogP contribution < -0.4 is 0 Å². The molecule has 0 spiro atoms. The molecule has 7 heteroatoms. The zero-order valence-electron chi connectivity index (χ0n) is 15.0. The molecule has 1 aliphatic rings. The van der Waals surface area contributed by atoms with Gasteiger partial charge in [-0.25, -0.2) is 18.7 Å². The lowest BCUT2D eigenvalue weighted by molar-refractivity contribution is 0.0586. The number of benzene rings is 1. The Morgan fingerprint density at radius 1 is 1.07 bits per heavy atom. The highest BCUT2D eigenvalue weighted by atomic mass is 79.9. The number of methoxy groups -OCH3 is 1. The summed E-state index contributed by atoms with van der Waals surface area (Å²) in [6, 6.07) is 8.22. The predicted molar refractivity (Wildman–Crippen MR) is 103 cm³/mol. The molecule has 1 aliphatic carbocycles. The molecule has 0 amide bonds. The number of nitrogens with zero attached hydrogens (tertiary/aromatic N) is 3. The summed E-state index contributed by atoms with van der Waals surface area (Å²) in [6.07, 6.45) is 4.70.